The predicted molar refractivity (Wildman–Crippen MR) is 119 cm³/mol. The van der Waals surface area contributed by atoms with Gasteiger partial charge < -0.3 is 10.2 Å². The smallest absolute Gasteiger partial charge is 0.243 e. The van der Waals surface area contributed by atoms with Crippen molar-refractivity contribution < 1.29 is 8.42 Å². The van der Waals surface area contributed by atoms with Crippen LogP contribution in [0, 0.1) is 0 Å². The summed E-state index contributed by atoms with van der Waals surface area (Å²) < 4.78 is 27.4. The molecular formula is C19H31N3O2S3. The summed E-state index contributed by atoms with van der Waals surface area (Å²) in [4.78, 5) is 2.44. The minimum atomic E-state index is -3.44. The summed E-state index contributed by atoms with van der Waals surface area (Å²) in [6, 6.07) is 7.35. The highest BCUT2D eigenvalue weighted by Crippen LogP contribution is 2.23. The van der Waals surface area contributed by atoms with E-state index in [0.717, 1.165) is 30.3 Å². The molecule has 8 heteroatoms. The molecule has 1 aliphatic heterocycles. The highest BCUT2D eigenvalue weighted by Gasteiger charge is 2.29. The number of hydrogen-bond donors (Lipinski definition) is 1. The SMILES string of the molecule is CC[C@H](C)c1ccc(S(=O)(=O)N2CCN(C(=S)NCCCSC)CC2)cc1. The van der Waals surface area contributed by atoms with E-state index in [9.17, 15) is 8.42 Å². The van der Waals surface area contributed by atoms with E-state index >= 15 is 0 Å². The average molecular weight is 430 g/mol. The van der Waals surface area contributed by atoms with Crippen molar-refractivity contribution in [1.29, 1.82) is 0 Å². The molecule has 1 heterocycles. The lowest BCUT2D eigenvalue weighted by atomic mass is 9.99. The number of sulfonamides is 1. The second-order valence-corrected chi connectivity index (χ2v) is 10.2. The maximum Gasteiger partial charge on any atom is 0.243 e. The number of thiocarbonyl (C=S) groups is 1. The molecule has 0 bridgehead atoms. The van der Waals surface area contributed by atoms with Crippen molar-refractivity contribution in [3.63, 3.8) is 0 Å². The summed E-state index contributed by atoms with van der Waals surface area (Å²) in [6.45, 7) is 7.32. The van der Waals surface area contributed by atoms with Gasteiger partial charge in [-0.2, -0.15) is 16.1 Å². The normalized spacial score (nSPS) is 16.9. The molecule has 1 N–H and O–H groups in total. The van der Waals surface area contributed by atoms with Gasteiger partial charge in [0.15, 0.2) is 5.11 Å². The van der Waals surface area contributed by atoms with Gasteiger partial charge in [0.1, 0.15) is 0 Å². The number of hydrogen-bond acceptors (Lipinski definition) is 4. The van der Waals surface area contributed by atoms with Crippen molar-refractivity contribution in [1.82, 2.24) is 14.5 Å². The molecule has 1 saturated heterocycles. The molecule has 1 fully saturated rings. The van der Waals surface area contributed by atoms with E-state index in [1.54, 1.807) is 16.4 Å². The van der Waals surface area contributed by atoms with Crippen LogP contribution in [0.3, 0.4) is 0 Å². The van der Waals surface area contributed by atoms with Gasteiger partial charge in [0.25, 0.3) is 0 Å². The third kappa shape index (κ3) is 6.07. The largest absolute Gasteiger partial charge is 0.363 e. The predicted octanol–water partition coefficient (Wildman–Crippen LogP) is 3.13. The molecule has 152 valence electrons. The first-order valence-corrected chi connectivity index (χ1v) is 12.8. The minimum absolute atomic E-state index is 0.376. The van der Waals surface area contributed by atoms with Gasteiger partial charge in [-0.05, 0) is 60.7 Å². The average Bonchev–Trinajstić information content (AvgIpc) is 2.70. The second kappa shape index (κ2) is 10.6. The summed E-state index contributed by atoms with van der Waals surface area (Å²) in [7, 11) is -3.44. The third-order valence-electron chi connectivity index (χ3n) is 5.03. The van der Waals surface area contributed by atoms with E-state index in [4.69, 9.17) is 12.2 Å². The lowest BCUT2D eigenvalue weighted by Gasteiger charge is -2.35. The quantitative estimate of drug-likeness (QED) is 0.506. The van der Waals surface area contributed by atoms with Crippen LogP contribution in [0.4, 0.5) is 0 Å². The first-order chi connectivity index (χ1) is 12.9. The standard InChI is InChI=1S/C19H31N3O2S3/c1-4-16(2)17-6-8-18(9-7-17)27(23,24)22-13-11-21(12-14-22)19(25)20-10-5-15-26-3/h6-9,16H,4-5,10-15H2,1-3H3,(H,20,25)/t16-/m0/s1. The summed E-state index contributed by atoms with van der Waals surface area (Å²) in [5.74, 6) is 1.55. The Morgan fingerprint density at radius 1 is 1.22 bits per heavy atom. The highest BCUT2D eigenvalue weighted by atomic mass is 32.2. The molecule has 1 aromatic rings. The molecule has 1 aliphatic rings. The lowest BCUT2D eigenvalue weighted by Crippen LogP contribution is -2.53. The van der Waals surface area contributed by atoms with Crippen LogP contribution in [0.5, 0.6) is 0 Å². The number of nitrogens with one attached hydrogen (secondary N) is 1. The Balaban J connectivity index is 1.91. The second-order valence-electron chi connectivity index (χ2n) is 6.85. The summed E-state index contributed by atoms with van der Waals surface area (Å²) in [6.07, 6.45) is 4.21. The Hall–Kier alpha value is -0.830. The maximum atomic E-state index is 12.9. The molecule has 1 aromatic carbocycles. The molecule has 27 heavy (non-hydrogen) atoms. The van der Waals surface area contributed by atoms with E-state index in [-0.39, 0.29) is 0 Å². The van der Waals surface area contributed by atoms with Crippen molar-refractivity contribution in [2.24, 2.45) is 0 Å². The summed E-state index contributed by atoms with van der Waals surface area (Å²) in [5.41, 5.74) is 1.18. The highest BCUT2D eigenvalue weighted by molar-refractivity contribution is 7.98. The van der Waals surface area contributed by atoms with Crippen LogP contribution < -0.4 is 5.32 Å². The number of rotatable bonds is 8. The molecule has 5 nitrogen and oxygen atoms in total. The van der Waals surface area contributed by atoms with E-state index in [2.05, 4.69) is 30.3 Å². The number of benzene rings is 1. The van der Waals surface area contributed by atoms with Gasteiger partial charge in [0.05, 0.1) is 4.90 Å². The van der Waals surface area contributed by atoms with Crippen LogP contribution in [0.2, 0.25) is 0 Å². The first-order valence-electron chi connectivity index (χ1n) is 9.52. The zero-order valence-electron chi connectivity index (χ0n) is 16.5. The Kier molecular flexibility index (Phi) is 8.85. The Labute approximate surface area is 173 Å². The van der Waals surface area contributed by atoms with E-state index in [1.807, 2.05) is 23.9 Å². The molecule has 2 rings (SSSR count). The number of piperazine rings is 1. The van der Waals surface area contributed by atoms with Gasteiger partial charge in [0.2, 0.25) is 10.0 Å². The van der Waals surface area contributed by atoms with Crippen LogP contribution in [0.25, 0.3) is 0 Å². The van der Waals surface area contributed by atoms with Crippen molar-refractivity contribution >= 4 is 39.1 Å². The van der Waals surface area contributed by atoms with Gasteiger partial charge in [0, 0.05) is 32.7 Å². The first kappa shape index (κ1) is 22.5. The Bertz CT molecular complexity index is 699. The van der Waals surface area contributed by atoms with Crippen LogP contribution in [0.15, 0.2) is 29.2 Å². The fraction of sp³-hybridized carbons (Fsp3) is 0.632. The summed E-state index contributed by atoms with van der Waals surface area (Å²) >= 11 is 7.26. The van der Waals surface area contributed by atoms with Crippen molar-refractivity contribution in [2.75, 3.05) is 44.7 Å². The Morgan fingerprint density at radius 3 is 2.41 bits per heavy atom. The zero-order chi connectivity index (χ0) is 19.9. The summed E-state index contributed by atoms with van der Waals surface area (Å²) in [5, 5.41) is 4.00. The van der Waals surface area contributed by atoms with Crippen LogP contribution in [-0.2, 0) is 10.0 Å². The monoisotopic (exact) mass is 429 g/mol. The molecule has 0 aliphatic carbocycles. The molecule has 1 atom stereocenters. The van der Waals surface area contributed by atoms with Crippen molar-refractivity contribution in [2.45, 2.75) is 37.5 Å². The number of thioether (sulfide) groups is 1. The molecule has 0 unspecified atom stereocenters. The van der Waals surface area contributed by atoms with Crippen molar-refractivity contribution in [3.05, 3.63) is 29.8 Å². The zero-order valence-corrected chi connectivity index (χ0v) is 18.9. The molecule has 0 spiro atoms. The van der Waals surface area contributed by atoms with Gasteiger partial charge >= 0.3 is 0 Å². The molecule has 0 radical (unpaired) electrons. The van der Waals surface area contributed by atoms with Crippen LogP contribution in [0.1, 0.15) is 38.2 Å². The number of nitrogens with zero attached hydrogens (tertiary/aromatic N) is 2. The Morgan fingerprint density at radius 2 is 1.85 bits per heavy atom. The molecule has 0 saturated carbocycles. The fourth-order valence-electron chi connectivity index (χ4n) is 3.01. The third-order valence-corrected chi connectivity index (χ3v) is 8.04. The van der Waals surface area contributed by atoms with Gasteiger partial charge in [-0.1, -0.05) is 26.0 Å². The minimum Gasteiger partial charge on any atom is -0.363 e. The van der Waals surface area contributed by atoms with Crippen LogP contribution in [-0.4, -0.2) is 67.5 Å². The van der Waals surface area contributed by atoms with Crippen molar-refractivity contribution in [3.8, 4) is 0 Å². The molecular weight excluding hydrogens is 398 g/mol. The van der Waals surface area contributed by atoms with Gasteiger partial charge in [-0.3, -0.25) is 0 Å². The van der Waals surface area contributed by atoms with E-state index < -0.39 is 10.0 Å². The maximum absolute atomic E-state index is 12.9. The topological polar surface area (TPSA) is 52.7 Å². The molecule has 0 amide bonds. The lowest BCUT2D eigenvalue weighted by molar-refractivity contribution is 0.264. The molecule has 0 aromatic heterocycles. The van der Waals surface area contributed by atoms with E-state index in [0.29, 0.717) is 37.0 Å². The van der Waals surface area contributed by atoms with Gasteiger partial charge in [-0.15, -0.1) is 0 Å². The van der Waals surface area contributed by atoms with E-state index in [1.165, 1.54) is 5.56 Å². The van der Waals surface area contributed by atoms with Gasteiger partial charge in [-0.25, -0.2) is 8.42 Å². The van der Waals surface area contributed by atoms with Crippen LogP contribution >= 0.6 is 24.0 Å². The fourth-order valence-corrected chi connectivity index (χ4v) is 5.15.